The second kappa shape index (κ2) is 51.3. The third-order valence-electron chi connectivity index (χ3n) is 12.3. The number of carbonyl (C=O) groups excluding carboxylic acids is 2. The zero-order valence-corrected chi connectivity index (χ0v) is 43.8. The molecule has 0 radical (unpaired) electrons. The molecule has 0 aliphatic heterocycles. The Labute approximate surface area is 406 Å². The number of aliphatic hydroxyl groups is 2. The van der Waals surface area contributed by atoms with E-state index in [2.05, 4.69) is 38.2 Å². The number of phosphoric ester groups is 1. The molecule has 3 atom stereocenters. The molecule has 0 bridgehead atoms. The van der Waals surface area contributed by atoms with Gasteiger partial charge < -0.3 is 24.6 Å². The van der Waals surface area contributed by atoms with Crippen LogP contribution in [-0.2, 0) is 32.7 Å². The summed E-state index contributed by atoms with van der Waals surface area (Å²) in [7, 11) is -4.63. The summed E-state index contributed by atoms with van der Waals surface area (Å²) in [5.74, 6) is -0.958. The minimum absolute atomic E-state index is 0.182. The summed E-state index contributed by atoms with van der Waals surface area (Å²) in [5.41, 5.74) is 0. The maximum Gasteiger partial charge on any atom is 0.472 e. The molecule has 0 fully saturated rings. The number of allylic oxidation sites excluding steroid dienone is 4. The Bertz CT molecular complexity index is 1150. The van der Waals surface area contributed by atoms with E-state index in [9.17, 15) is 24.2 Å². The van der Waals surface area contributed by atoms with E-state index >= 15 is 0 Å². The van der Waals surface area contributed by atoms with Crippen LogP contribution < -0.4 is 0 Å². The Kier molecular flexibility index (Phi) is 50.1. The van der Waals surface area contributed by atoms with E-state index in [4.69, 9.17) is 23.6 Å². The second-order valence-electron chi connectivity index (χ2n) is 19.0. The van der Waals surface area contributed by atoms with Crippen LogP contribution in [0.4, 0.5) is 0 Å². The summed E-state index contributed by atoms with van der Waals surface area (Å²) in [5, 5.41) is 18.4. The molecule has 1 unspecified atom stereocenters. The largest absolute Gasteiger partial charge is 0.472 e. The summed E-state index contributed by atoms with van der Waals surface area (Å²) < 4.78 is 32.9. The molecule has 0 saturated carbocycles. The molecular formula is C55H105O10P. The molecule has 0 spiro atoms. The van der Waals surface area contributed by atoms with E-state index in [1.165, 1.54) is 193 Å². The normalized spacial score (nSPS) is 13.7. The number of hydrogen-bond acceptors (Lipinski definition) is 9. The fourth-order valence-electron chi connectivity index (χ4n) is 8.08. The van der Waals surface area contributed by atoms with Gasteiger partial charge in [-0.1, -0.05) is 244 Å². The summed E-state index contributed by atoms with van der Waals surface area (Å²) in [6.45, 7) is 2.41. The fraction of sp³-hybridized carbons (Fsp3) is 0.891. The minimum Gasteiger partial charge on any atom is -0.462 e. The smallest absolute Gasteiger partial charge is 0.462 e. The maximum atomic E-state index is 12.7. The highest BCUT2D eigenvalue weighted by atomic mass is 31.2. The number of phosphoric acid groups is 1. The van der Waals surface area contributed by atoms with Gasteiger partial charge in [0.2, 0.25) is 0 Å². The van der Waals surface area contributed by atoms with Crippen molar-refractivity contribution in [2.45, 2.75) is 289 Å². The first kappa shape index (κ1) is 64.5. The van der Waals surface area contributed by atoms with Crippen LogP contribution in [0.1, 0.15) is 277 Å². The van der Waals surface area contributed by atoms with E-state index in [-0.39, 0.29) is 19.4 Å². The fourth-order valence-corrected chi connectivity index (χ4v) is 8.87. The molecule has 11 heteroatoms. The second-order valence-corrected chi connectivity index (χ2v) is 20.4. The lowest BCUT2D eigenvalue weighted by atomic mass is 10.0. The van der Waals surface area contributed by atoms with Gasteiger partial charge in [-0.25, -0.2) is 4.57 Å². The van der Waals surface area contributed by atoms with Crippen LogP contribution in [0, 0.1) is 0 Å². The molecule has 0 aliphatic rings. The van der Waals surface area contributed by atoms with Crippen molar-refractivity contribution in [3.05, 3.63) is 24.3 Å². The Morgan fingerprint density at radius 2 is 0.773 bits per heavy atom. The van der Waals surface area contributed by atoms with E-state index in [0.717, 1.165) is 44.9 Å². The van der Waals surface area contributed by atoms with Crippen molar-refractivity contribution < 1.29 is 47.8 Å². The summed E-state index contributed by atoms with van der Waals surface area (Å²) in [6.07, 6.45) is 56.0. The van der Waals surface area contributed by atoms with Crippen molar-refractivity contribution in [1.82, 2.24) is 0 Å². The van der Waals surface area contributed by atoms with Crippen molar-refractivity contribution in [3.63, 3.8) is 0 Å². The molecule has 66 heavy (non-hydrogen) atoms. The summed E-state index contributed by atoms with van der Waals surface area (Å²) >= 11 is 0. The van der Waals surface area contributed by atoms with Crippen LogP contribution >= 0.6 is 7.82 Å². The monoisotopic (exact) mass is 957 g/mol. The third kappa shape index (κ3) is 50.3. The molecule has 0 saturated heterocycles. The standard InChI is InChI=1S/C55H105O10P/c1-3-5-7-9-11-13-15-17-19-21-23-25-26-27-29-30-32-34-36-38-40-42-44-46-54(58)62-50-53(51-64-66(60,61)63-49-52(57)48-56)65-55(59)47-45-43-41-39-37-35-33-31-28-24-22-20-18-16-14-12-10-8-6-4-2/h30,32,38,40,52-53,56-57H,3-29,31,33-37,39,41-51H2,1-2H3,(H,60,61)/b32-30+,40-38+/t52-,53+/m0/s1. The molecule has 0 aliphatic carbocycles. The number of ether oxygens (including phenoxy) is 2. The lowest BCUT2D eigenvalue weighted by molar-refractivity contribution is -0.161. The highest BCUT2D eigenvalue weighted by Gasteiger charge is 2.27. The Balaban J connectivity index is 4.15. The van der Waals surface area contributed by atoms with Crippen molar-refractivity contribution in [1.29, 1.82) is 0 Å². The van der Waals surface area contributed by atoms with Gasteiger partial charge >= 0.3 is 19.8 Å². The van der Waals surface area contributed by atoms with Crippen LogP contribution in [0.5, 0.6) is 0 Å². The van der Waals surface area contributed by atoms with Crippen molar-refractivity contribution in [2.24, 2.45) is 0 Å². The molecule has 3 N–H and O–H groups in total. The van der Waals surface area contributed by atoms with Crippen LogP contribution in [-0.4, -0.2) is 65.7 Å². The average molecular weight is 957 g/mol. The minimum atomic E-state index is -4.63. The lowest BCUT2D eigenvalue weighted by Crippen LogP contribution is -2.29. The molecule has 0 aromatic heterocycles. The van der Waals surface area contributed by atoms with Crippen LogP contribution in [0.25, 0.3) is 0 Å². The molecule has 0 aromatic carbocycles. The topological polar surface area (TPSA) is 149 Å². The van der Waals surface area contributed by atoms with E-state index in [0.29, 0.717) is 12.8 Å². The number of esters is 2. The zero-order chi connectivity index (χ0) is 48.3. The summed E-state index contributed by atoms with van der Waals surface area (Å²) in [4.78, 5) is 35.2. The molecule has 0 heterocycles. The molecule has 10 nitrogen and oxygen atoms in total. The SMILES string of the molecule is CCCCCCCCCCCCCCCC/C=C/CC/C=C/CCCC(=O)OC[C@H](COP(=O)(O)OC[C@@H](O)CO)OC(=O)CCCCCCCCCCCCCCCCCCCCCC. The van der Waals surface area contributed by atoms with Crippen molar-refractivity contribution >= 4 is 19.8 Å². The first-order chi connectivity index (χ1) is 32.2. The predicted octanol–water partition coefficient (Wildman–Crippen LogP) is 16.1. The number of hydrogen-bond donors (Lipinski definition) is 3. The average Bonchev–Trinajstić information content (AvgIpc) is 3.31. The van der Waals surface area contributed by atoms with Crippen molar-refractivity contribution in [2.75, 3.05) is 26.4 Å². The molecule has 390 valence electrons. The first-order valence-electron chi connectivity index (χ1n) is 27.8. The number of aliphatic hydroxyl groups excluding tert-OH is 2. The molecular weight excluding hydrogens is 852 g/mol. The number of rotatable bonds is 53. The van der Waals surface area contributed by atoms with Gasteiger partial charge in [0.1, 0.15) is 12.7 Å². The quantitative estimate of drug-likeness (QED) is 0.0233. The number of unbranched alkanes of at least 4 members (excludes halogenated alkanes) is 35. The molecule has 0 aromatic rings. The van der Waals surface area contributed by atoms with E-state index in [1.54, 1.807) is 0 Å². The Morgan fingerprint density at radius 3 is 1.18 bits per heavy atom. The van der Waals surface area contributed by atoms with Gasteiger partial charge in [0.25, 0.3) is 0 Å². The third-order valence-corrected chi connectivity index (χ3v) is 13.3. The first-order valence-corrected chi connectivity index (χ1v) is 29.3. The number of carbonyl (C=O) groups is 2. The van der Waals surface area contributed by atoms with Crippen LogP contribution in [0.2, 0.25) is 0 Å². The Morgan fingerprint density at radius 1 is 0.439 bits per heavy atom. The Hall–Kier alpha value is -1.55. The summed E-state index contributed by atoms with van der Waals surface area (Å²) in [6, 6.07) is 0. The van der Waals surface area contributed by atoms with Gasteiger partial charge in [-0.2, -0.15) is 0 Å². The highest BCUT2D eigenvalue weighted by Crippen LogP contribution is 2.43. The molecule has 0 rings (SSSR count). The van der Waals surface area contributed by atoms with Gasteiger partial charge in [-0.05, 0) is 44.9 Å². The van der Waals surface area contributed by atoms with Gasteiger partial charge in [0, 0.05) is 12.8 Å². The van der Waals surface area contributed by atoms with Crippen LogP contribution in [0.3, 0.4) is 0 Å². The van der Waals surface area contributed by atoms with Gasteiger partial charge in [-0.15, -0.1) is 0 Å². The molecule has 0 amide bonds. The van der Waals surface area contributed by atoms with E-state index in [1.807, 2.05) is 0 Å². The highest BCUT2D eigenvalue weighted by molar-refractivity contribution is 7.47. The zero-order valence-electron chi connectivity index (χ0n) is 42.9. The van der Waals surface area contributed by atoms with Crippen LogP contribution in [0.15, 0.2) is 24.3 Å². The van der Waals surface area contributed by atoms with Gasteiger partial charge in [0.15, 0.2) is 6.10 Å². The predicted molar refractivity (Wildman–Crippen MR) is 275 cm³/mol. The van der Waals surface area contributed by atoms with Gasteiger partial charge in [-0.3, -0.25) is 18.6 Å². The van der Waals surface area contributed by atoms with Crippen molar-refractivity contribution in [3.8, 4) is 0 Å². The van der Waals surface area contributed by atoms with E-state index < -0.39 is 51.8 Å². The lowest BCUT2D eigenvalue weighted by Gasteiger charge is -2.20. The maximum absolute atomic E-state index is 12.7. The van der Waals surface area contributed by atoms with Gasteiger partial charge in [0.05, 0.1) is 19.8 Å².